The van der Waals surface area contributed by atoms with Gasteiger partial charge >= 0.3 is 0 Å². The lowest BCUT2D eigenvalue weighted by Crippen LogP contribution is -2.14. The molecule has 138 valence electrons. The number of carbonyl (C=O) groups excluding carboxylic acids is 2. The van der Waals surface area contributed by atoms with E-state index in [2.05, 4.69) is 20.4 Å². The maximum Gasteiger partial charge on any atom is 0.234 e. The molecule has 0 aliphatic rings. The third kappa shape index (κ3) is 4.79. The summed E-state index contributed by atoms with van der Waals surface area (Å²) in [6, 6.07) is 10.6. The Morgan fingerprint density at radius 1 is 1.15 bits per heavy atom. The zero-order chi connectivity index (χ0) is 19.4. The van der Waals surface area contributed by atoms with Gasteiger partial charge in [0.05, 0.1) is 11.4 Å². The second-order valence-corrected chi connectivity index (χ2v) is 7.02. The van der Waals surface area contributed by atoms with Gasteiger partial charge in [-0.15, -0.1) is 0 Å². The second kappa shape index (κ2) is 8.13. The van der Waals surface area contributed by atoms with Crippen LogP contribution in [0.3, 0.4) is 0 Å². The van der Waals surface area contributed by atoms with Gasteiger partial charge in [0.25, 0.3) is 0 Å². The molecule has 0 unspecified atom stereocenters. The van der Waals surface area contributed by atoms with Crippen molar-refractivity contribution in [3.05, 3.63) is 59.7 Å². The molecule has 0 saturated heterocycles. The first-order valence-electron chi connectivity index (χ1n) is 8.32. The van der Waals surface area contributed by atoms with Gasteiger partial charge in [-0.1, -0.05) is 23.9 Å². The molecule has 0 radical (unpaired) electrons. The number of benzene rings is 1. The molecule has 7 nitrogen and oxygen atoms in total. The van der Waals surface area contributed by atoms with Crippen LogP contribution in [0.15, 0.2) is 47.8 Å². The summed E-state index contributed by atoms with van der Waals surface area (Å²) in [5, 5.41) is 7.88. The van der Waals surface area contributed by atoms with Gasteiger partial charge in [0, 0.05) is 23.0 Å². The van der Waals surface area contributed by atoms with Crippen LogP contribution in [0.1, 0.15) is 28.7 Å². The first kappa shape index (κ1) is 18.8. The predicted molar refractivity (Wildman–Crippen MR) is 104 cm³/mol. The summed E-state index contributed by atoms with van der Waals surface area (Å²) < 4.78 is 1.74. The number of thioether (sulfide) groups is 1. The standard InChI is InChI=1S/C19H19N5O2S/c1-12-7-13(2)24(23-12)17-9-19(21-11-20-17)27-10-18(26)22-16-6-4-5-15(8-16)14(3)25/h4-9,11H,10H2,1-3H3,(H,22,26). The maximum absolute atomic E-state index is 12.2. The average Bonchev–Trinajstić information content (AvgIpc) is 2.99. The Balaban J connectivity index is 1.64. The van der Waals surface area contributed by atoms with Crippen LogP contribution >= 0.6 is 11.8 Å². The molecular formula is C19H19N5O2S. The molecule has 0 aliphatic heterocycles. The van der Waals surface area contributed by atoms with Crippen LogP contribution in [0.4, 0.5) is 5.69 Å². The van der Waals surface area contributed by atoms with Gasteiger partial charge < -0.3 is 5.32 Å². The van der Waals surface area contributed by atoms with Crippen molar-refractivity contribution in [3.8, 4) is 5.82 Å². The topological polar surface area (TPSA) is 89.8 Å². The van der Waals surface area contributed by atoms with Crippen molar-refractivity contribution in [2.75, 3.05) is 11.1 Å². The summed E-state index contributed by atoms with van der Waals surface area (Å²) in [6.07, 6.45) is 1.46. The molecule has 0 aliphatic carbocycles. The number of Topliss-reactive ketones (excluding diaryl/α,β-unsaturated/α-hetero) is 1. The number of amides is 1. The molecule has 0 fully saturated rings. The van der Waals surface area contributed by atoms with Crippen LogP contribution < -0.4 is 5.32 Å². The molecule has 0 atom stereocenters. The van der Waals surface area contributed by atoms with Gasteiger partial charge in [0.15, 0.2) is 11.6 Å². The van der Waals surface area contributed by atoms with Crippen LogP contribution in [0.5, 0.6) is 0 Å². The number of ketones is 1. The fourth-order valence-corrected chi connectivity index (χ4v) is 3.20. The number of nitrogens with one attached hydrogen (secondary N) is 1. The summed E-state index contributed by atoms with van der Waals surface area (Å²) in [7, 11) is 0. The summed E-state index contributed by atoms with van der Waals surface area (Å²) >= 11 is 1.31. The number of hydrogen-bond donors (Lipinski definition) is 1. The molecule has 2 aromatic heterocycles. The molecule has 0 saturated carbocycles. The van der Waals surface area contributed by atoms with Gasteiger partial charge in [-0.2, -0.15) is 5.10 Å². The summed E-state index contributed by atoms with van der Waals surface area (Å²) in [4.78, 5) is 32.1. The van der Waals surface area contributed by atoms with E-state index in [1.165, 1.54) is 25.0 Å². The van der Waals surface area contributed by atoms with E-state index in [0.717, 1.165) is 11.4 Å². The second-order valence-electron chi connectivity index (χ2n) is 6.03. The molecule has 8 heteroatoms. The molecule has 2 heterocycles. The summed E-state index contributed by atoms with van der Waals surface area (Å²) in [5.74, 6) is 0.635. The van der Waals surface area contributed by atoms with Crippen molar-refractivity contribution >= 4 is 29.1 Å². The number of aryl methyl sites for hydroxylation is 2. The Morgan fingerprint density at radius 3 is 2.67 bits per heavy atom. The molecule has 0 spiro atoms. The zero-order valence-corrected chi connectivity index (χ0v) is 16.1. The van der Waals surface area contributed by atoms with Crippen LogP contribution in [0, 0.1) is 13.8 Å². The molecular weight excluding hydrogens is 362 g/mol. The lowest BCUT2D eigenvalue weighted by atomic mass is 10.1. The Bertz CT molecular complexity index is 999. The van der Waals surface area contributed by atoms with E-state index >= 15 is 0 Å². The monoisotopic (exact) mass is 381 g/mol. The van der Waals surface area contributed by atoms with Crippen LogP contribution in [-0.2, 0) is 4.79 Å². The third-order valence-corrected chi connectivity index (χ3v) is 4.68. The first-order valence-corrected chi connectivity index (χ1v) is 9.30. The Hall–Kier alpha value is -3.00. The van der Waals surface area contributed by atoms with Gasteiger partial charge in [-0.3, -0.25) is 9.59 Å². The van der Waals surface area contributed by atoms with E-state index < -0.39 is 0 Å². The molecule has 0 bridgehead atoms. The van der Waals surface area contributed by atoms with Gasteiger partial charge in [0.2, 0.25) is 5.91 Å². The highest BCUT2D eigenvalue weighted by molar-refractivity contribution is 7.99. The van der Waals surface area contributed by atoms with Gasteiger partial charge in [0.1, 0.15) is 11.4 Å². The minimum absolute atomic E-state index is 0.0434. The maximum atomic E-state index is 12.2. The highest BCUT2D eigenvalue weighted by atomic mass is 32.2. The van der Waals surface area contributed by atoms with Crippen molar-refractivity contribution in [1.29, 1.82) is 0 Å². The quantitative estimate of drug-likeness (QED) is 0.401. The molecule has 1 amide bonds. The van der Waals surface area contributed by atoms with Crippen molar-refractivity contribution in [2.24, 2.45) is 0 Å². The lowest BCUT2D eigenvalue weighted by Gasteiger charge is -2.07. The predicted octanol–water partition coefficient (Wildman–Crippen LogP) is 3.21. The number of aromatic nitrogens is 4. The number of anilines is 1. The van der Waals surface area contributed by atoms with E-state index in [1.807, 2.05) is 19.9 Å². The largest absolute Gasteiger partial charge is 0.325 e. The lowest BCUT2D eigenvalue weighted by molar-refractivity contribution is -0.113. The van der Waals surface area contributed by atoms with Crippen molar-refractivity contribution in [3.63, 3.8) is 0 Å². The Morgan fingerprint density at radius 2 is 1.96 bits per heavy atom. The highest BCUT2D eigenvalue weighted by Gasteiger charge is 2.09. The van der Waals surface area contributed by atoms with Crippen molar-refractivity contribution < 1.29 is 9.59 Å². The molecule has 3 rings (SSSR count). The average molecular weight is 381 g/mol. The minimum Gasteiger partial charge on any atom is -0.325 e. The van der Waals surface area contributed by atoms with E-state index in [1.54, 1.807) is 35.0 Å². The summed E-state index contributed by atoms with van der Waals surface area (Å²) in [6.45, 7) is 5.37. The van der Waals surface area contributed by atoms with Gasteiger partial charge in [-0.25, -0.2) is 14.6 Å². The number of nitrogens with zero attached hydrogens (tertiary/aromatic N) is 4. The highest BCUT2D eigenvalue weighted by Crippen LogP contribution is 2.19. The van der Waals surface area contributed by atoms with Crippen LogP contribution in [0.2, 0.25) is 0 Å². The number of carbonyl (C=O) groups is 2. The Labute approximate surface area is 161 Å². The van der Waals surface area contributed by atoms with Crippen LogP contribution in [-0.4, -0.2) is 37.2 Å². The molecule has 27 heavy (non-hydrogen) atoms. The third-order valence-electron chi connectivity index (χ3n) is 3.76. The minimum atomic E-state index is -0.174. The summed E-state index contributed by atoms with van der Waals surface area (Å²) in [5.41, 5.74) is 3.04. The zero-order valence-electron chi connectivity index (χ0n) is 15.3. The van der Waals surface area contributed by atoms with Gasteiger partial charge in [-0.05, 0) is 39.0 Å². The molecule has 3 aromatic rings. The molecule has 1 aromatic carbocycles. The number of hydrogen-bond acceptors (Lipinski definition) is 6. The van der Waals surface area contributed by atoms with Crippen LogP contribution in [0.25, 0.3) is 5.82 Å². The fraction of sp³-hybridized carbons (Fsp3) is 0.211. The van der Waals surface area contributed by atoms with Crippen molar-refractivity contribution in [1.82, 2.24) is 19.7 Å². The SMILES string of the molecule is CC(=O)c1cccc(NC(=O)CSc2cc(-n3nc(C)cc3C)ncn2)c1. The Kier molecular flexibility index (Phi) is 5.66. The fourth-order valence-electron chi connectivity index (χ4n) is 2.54. The van der Waals surface area contributed by atoms with E-state index in [0.29, 0.717) is 22.1 Å². The van der Waals surface area contributed by atoms with E-state index in [4.69, 9.17) is 0 Å². The van der Waals surface area contributed by atoms with Crippen molar-refractivity contribution in [2.45, 2.75) is 25.8 Å². The molecule has 1 N–H and O–H groups in total. The normalized spacial score (nSPS) is 10.6. The van der Waals surface area contributed by atoms with E-state index in [9.17, 15) is 9.59 Å². The first-order chi connectivity index (χ1) is 12.9. The number of rotatable bonds is 6. The van der Waals surface area contributed by atoms with E-state index in [-0.39, 0.29) is 17.4 Å². The smallest absolute Gasteiger partial charge is 0.234 e.